The highest BCUT2D eigenvalue weighted by molar-refractivity contribution is 7.92. The summed E-state index contributed by atoms with van der Waals surface area (Å²) >= 11 is 0. The molecular formula is C21H25N3O5S. The van der Waals surface area contributed by atoms with Crippen molar-refractivity contribution in [2.75, 3.05) is 37.3 Å². The Bertz CT molecular complexity index is 1080. The van der Waals surface area contributed by atoms with Crippen molar-refractivity contribution < 1.29 is 22.7 Å². The Morgan fingerprint density at radius 3 is 2.60 bits per heavy atom. The zero-order chi connectivity index (χ0) is 21.4. The number of rotatable bonds is 8. The molecule has 4 rings (SSSR count). The number of likely N-dealkylation sites (N-methyl/N-ethyl adjacent to an activating group) is 1. The van der Waals surface area contributed by atoms with Gasteiger partial charge < -0.3 is 20.1 Å². The molecule has 2 aliphatic rings. The molecule has 1 aliphatic heterocycles. The minimum Gasteiger partial charge on any atom is -0.495 e. The molecule has 1 aliphatic carbocycles. The maximum atomic E-state index is 13.0. The molecule has 0 bridgehead atoms. The predicted octanol–water partition coefficient (Wildman–Crippen LogP) is 2.47. The van der Waals surface area contributed by atoms with Crippen molar-refractivity contribution in [3.8, 4) is 11.5 Å². The van der Waals surface area contributed by atoms with Gasteiger partial charge in [-0.1, -0.05) is 18.6 Å². The van der Waals surface area contributed by atoms with E-state index in [4.69, 9.17) is 9.47 Å². The summed E-state index contributed by atoms with van der Waals surface area (Å²) in [5.74, 6) is 0.661. The van der Waals surface area contributed by atoms with Crippen LogP contribution >= 0.6 is 0 Å². The summed E-state index contributed by atoms with van der Waals surface area (Å²) in [5, 5.41) is 5.95. The first-order valence-corrected chi connectivity index (χ1v) is 11.3. The van der Waals surface area contributed by atoms with Crippen LogP contribution in [0.1, 0.15) is 24.8 Å². The Kier molecular flexibility index (Phi) is 5.33. The summed E-state index contributed by atoms with van der Waals surface area (Å²) in [6, 6.07) is 9.77. The number of methoxy groups -OCH3 is 1. The number of carbonyl (C=O) groups excluding carboxylic acids is 1. The molecule has 3 N–H and O–H groups in total. The van der Waals surface area contributed by atoms with Crippen molar-refractivity contribution in [2.45, 2.75) is 29.6 Å². The van der Waals surface area contributed by atoms with Gasteiger partial charge in [-0.15, -0.1) is 0 Å². The molecule has 1 amide bonds. The zero-order valence-electron chi connectivity index (χ0n) is 16.9. The molecule has 0 atom stereocenters. The van der Waals surface area contributed by atoms with Crippen LogP contribution in [0.3, 0.4) is 0 Å². The van der Waals surface area contributed by atoms with Crippen LogP contribution in [-0.4, -0.2) is 41.6 Å². The van der Waals surface area contributed by atoms with Crippen LogP contribution in [0, 0.1) is 0 Å². The second-order valence-electron chi connectivity index (χ2n) is 7.50. The molecule has 2 aromatic carbocycles. The Hall–Kier alpha value is -2.78. The summed E-state index contributed by atoms with van der Waals surface area (Å²) in [4.78, 5) is 12.7. The van der Waals surface area contributed by atoms with E-state index in [1.165, 1.54) is 13.2 Å². The Morgan fingerprint density at radius 2 is 1.93 bits per heavy atom. The van der Waals surface area contributed by atoms with E-state index in [1.54, 1.807) is 30.3 Å². The highest BCUT2D eigenvalue weighted by Gasteiger charge is 2.52. The van der Waals surface area contributed by atoms with Crippen LogP contribution < -0.4 is 24.8 Å². The van der Waals surface area contributed by atoms with Crippen LogP contribution in [0.15, 0.2) is 41.3 Å². The van der Waals surface area contributed by atoms with Gasteiger partial charge in [0.15, 0.2) is 0 Å². The van der Waals surface area contributed by atoms with Crippen LogP contribution in [0.25, 0.3) is 0 Å². The lowest BCUT2D eigenvalue weighted by Gasteiger charge is -2.36. The molecule has 160 valence electrons. The second kappa shape index (κ2) is 7.81. The number of fused-ring (bicyclic) bond motifs is 2. The first kappa shape index (κ1) is 20.5. The highest BCUT2D eigenvalue weighted by Crippen LogP contribution is 2.54. The number of amides is 1. The number of hydrogen-bond acceptors (Lipinski definition) is 6. The van der Waals surface area contributed by atoms with Crippen LogP contribution in [0.4, 0.5) is 11.4 Å². The topological polar surface area (TPSA) is 106 Å². The first-order valence-electron chi connectivity index (χ1n) is 9.84. The van der Waals surface area contributed by atoms with Gasteiger partial charge in [-0.3, -0.25) is 9.52 Å². The lowest BCUT2D eigenvalue weighted by atomic mass is 9.65. The summed E-state index contributed by atoms with van der Waals surface area (Å²) in [5.41, 5.74) is 1.18. The SMILES string of the molecule is CNCCOc1cc(NS(=O)(=O)c2ccccc2OC)cc2c1NC(=O)C21CCC1. The third-order valence-corrected chi connectivity index (χ3v) is 7.14. The Balaban J connectivity index is 1.74. The van der Waals surface area contributed by atoms with Crippen LogP contribution in [0.5, 0.6) is 11.5 Å². The van der Waals surface area contributed by atoms with E-state index in [2.05, 4.69) is 15.4 Å². The van der Waals surface area contributed by atoms with Crippen molar-refractivity contribution in [2.24, 2.45) is 0 Å². The summed E-state index contributed by atoms with van der Waals surface area (Å²) in [7, 11) is -0.661. The molecule has 1 heterocycles. The standard InChI is InChI=1S/C21H25N3O5S/c1-22-10-11-29-17-13-14(12-15-19(17)23-20(25)21(15)8-5-9-21)24-30(26,27)18-7-4-3-6-16(18)28-2/h3-4,6-7,12-13,22,24H,5,8-11H2,1-2H3,(H,23,25). The number of ether oxygens (including phenoxy) is 2. The fourth-order valence-corrected chi connectivity index (χ4v) is 5.20. The first-order chi connectivity index (χ1) is 14.4. The highest BCUT2D eigenvalue weighted by atomic mass is 32.2. The Labute approximate surface area is 176 Å². The monoisotopic (exact) mass is 431 g/mol. The van der Waals surface area contributed by atoms with Crippen molar-refractivity contribution in [3.63, 3.8) is 0 Å². The normalized spacial score (nSPS) is 16.5. The van der Waals surface area contributed by atoms with Crippen molar-refractivity contribution in [1.82, 2.24) is 5.32 Å². The summed E-state index contributed by atoms with van der Waals surface area (Å²) in [6.45, 7) is 1.000. The van der Waals surface area contributed by atoms with E-state index in [-0.39, 0.29) is 16.6 Å². The number of carbonyl (C=O) groups is 1. The summed E-state index contributed by atoms with van der Waals surface area (Å²) in [6.07, 6.45) is 2.44. The van der Waals surface area contributed by atoms with E-state index >= 15 is 0 Å². The zero-order valence-corrected chi connectivity index (χ0v) is 17.8. The molecule has 9 heteroatoms. The lowest BCUT2D eigenvalue weighted by Crippen LogP contribution is -2.40. The van der Waals surface area contributed by atoms with Crippen molar-refractivity contribution >= 4 is 27.3 Å². The van der Waals surface area contributed by atoms with Gasteiger partial charge in [-0.25, -0.2) is 8.42 Å². The van der Waals surface area contributed by atoms with Crippen molar-refractivity contribution in [1.29, 1.82) is 0 Å². The average molecular weight is 432 g/mol. The van der Waals surface area contributed by atoms with E-state index in [0.717, 1.165) is 24.8 Å². The third kappa shape index (κ3) is 3.37. The quantitative estimate of drug-likeness (QED) is 0.555. The molecule has 30 heavy (non-hydrogen) atoms. The molecule has 8 nitrogen and oxygen atoms in total. The average Bonchev–Trinajstić information content (AvgIpc) is 3.00. The van der Waals surface area contributed by atoms with Gasteiger partial charge in [-0.2, -0.15) is 0 Å². The minimum atomic E-state index is -3.90. The maximum absolute atomic E-state index is 13.0. The molecule has 1 saturated carbocycles. The van der Waals surface area contributed by atoms with Gasteiger partial charge in [-0.05, 0) is 43.7 Å². The fourth-order valence-electron chi connectivity index (χ4n) is 3.99. The molecule has 0 saturated heterocycles. The molecule has 0 unspecified atom stereocenters. The fraction of sp³-hybridized carbons (Fsp3) is 0.381. The molecule has 1 spiro atoms. The predicted molar refractivity (Wildman–Crippen MR) is 114 cm³/mol. The smallest absolute Gasteiger partial charge is 0.265 e. The molecule has 1 fully saturated rings. The number of nitrogens with one attached hydrogen (secondary N) is 3. The van der Waals surface area contributed by atoms with Gasteiger partial charge in [0, 0.05) is 12.6 Å². The molecule has 2 aromatic rings. The lowest BCUT2D eigenvalue weighted by molar-refractivity contribution is -0.123. The largest absolute Gasteiger partial charge is 0.495 e. The Morgan fingerprint density at radius 1 is 1.17 bits per heavy atom. The molecule has 0 aromatic heterocycles. The van der Waals surface area contributed by atoms with Gasteiger partial charge in [0.05, 0.1) is 23.9 Å². The molecular weight excluding hydrogens is 406 g/mol. The van der Waals surface area contributed by atoms with Gasteiger partial charge in [0.1, 0.15) is 23.0 Å². The second-order valence-corrected chi connectivity index (χ2v) is 9.15. The van der Waals surface area contributed by atoms with Crippen LogP contribution in [0.2, 0.25) is 0 Å². The van der Waals surface area contributed by atoms with Gasteiger partial charge in [0.2, 0.25) is 5.91 Å². The number of hydrogen-bond donors (Lipinski definition) is 3. The maximum Gasteiger partial charge on any atom is 0.265 e. The van der Waals surface area contributed by atoms with E-state index in [1.807, 2.05) is 7.05 Å². The van der Waals surface area contributed by atoms with Crippen LogP contribution in [-0.2, 0) is 20.2 Å². The van der Waals surface area contributed by atoms with Gasteiger partial charge in [0.25, 0.3) is 10.0 Å². The van der Waals surface area contributed by atoms with E-state index in [9.17, 15) is 13.2 Å². The van der Waals surface area contributed by atoms with E-state index in [0.29, 0.717) is 30.3 Å². The van der Waals surface area contributed by atoms with Crippen molar-refractivity contribution in [3.05, 3.63) is 42.0 Å². The third-order valence-electron chi connectivity index (χ3n) is 5.72. The number of para-hydroxylation sites is 1. The number of sulfonamides is 1. The molecule has 0 radical (unpaired) electrons. The summed E-state index contributed by atoms with van der Waals surface area (Å²) < 4.78 is 39.8. The number of benzene rings is 2. The van der Waals surface area contributed by atoms with Gasteiger partial charge >= 0.3 is 0 Å². The van der Waals surface area contributed by atoms with E-state index < -0.39 is 15.4 Å². The number of anilines is 2. The minimum absolute atomic E-state index is 0.0400.